The molecule has 7 nitrogen and oxygen atoms in total. The number of hydrogen-bond acceptors (Lipinski definition) is 6. The van der Waals surface area contributed by atoms with Gasteiger partial charge in [-0.25, -0.2) is 4.79 Å². The monoisotopic (exact) mass is 574 g/mol. The molecule has 1 aliphatic rings. The Bertz CT molecular complexity index is 1000. The van der Waals surface area contributed by atoms with Crippen molar-refractivity contribution >= 4 is 17.9 Å². The van der Waals surface area contributed by atoms with E-state index in [0.717, 1.165) is 35.1 Å². The number of benzene rings is 1. The first kappa shape index (κ1) is 34.6. The first-order chi connectivity index (χ1) is 19.6. The van der Waals surface area contributed by atoms with E-state index < -0.39 is 17.5 Å². The minimum atomic E-state index is -1.06. The van der Waals surface area contributed by atoms with Crippen molar-refractivity contribution in [3.8, 4) is 11.5 Å². The van der Waals surface area contributed by atoms with Gasteiger partial charge >= 0.3 is 17.9 Å². The lowest BCUT2D eigenvalue weighted by Crippen LogP contribution is -2.46. The van der Waals surface area contributed by atoms with Gasteiger partial charge in [0, 0.05) is 12.0 Å². The highest BCUT2D eigenvalue weighted by Gasteiger charge is 2.42. The number of rotatable bonds is 20. The van der Waals surface area contributed by atoms with E-state index in [9.17, 15) is 14.4 Å². The molecule has 0 spiro atoms. The molecule has 0 aliphatic carbocycles. The Morgan fingerprint density at radius 3 is 1.85 bits per heavy atom. The van der Waals surface area contributed by atoms with Gasteiger partial charge < -0.3 is 19.3 Å². The van der Waals surface area contributed by atoms with Crippen LogP contribution in [0.5, 0.6) is 11.5 Å². The molecule has 0 radical (unpaired) electrons. The van der Waals surface area contributed by atoms with Gasteiger partial charge in [0.2, 0.25) is 5.60 Å². The highest BCUT2D eigenvalue weighted by molar-refractivity contribution is 5.81. The van der Waals surface area contributed by atoms with Crippen molar-refractivity contribution in [2.24, 2.45) is 0 Å². The van der Waals surface area contributed by atoms with Gasteiger partial charge in [0.05, 0.1) is 19.4 Å². The van der Waals surface area contributed by atoms with E-state index in [-0.39, 0.29) is 18.8 Å². The molecule has 7 heteroatoms. The highest BCUT2D eigenvalue weighted by Crippen LogP contribution is 2.44. The summed E-state index contributed by atoms with van der Waals surface area (Å²) >= 11 is 0. The third kappa shape index (κ3) is 11.3. The van der Waals surface area contributed by atoms with Crippen molar-refractivity contribution < 1.29 is 33.7 Å². The lowest BCUT2D eigenvalue weighted by atomic mass is 9.87. The second-order valence-electron chi connectivity index (χ2n) is 11.9. The minimum absolute atomic E-state index is 0.190. The van der Waals surface area contributed by atoms with Gasteiger partial charge in [-0.3, -0.25) is 9.59 Å². The number of hydrogen-bond donors (Lipinski definition) is 1. The van der Waals surface area contributed by atoms with Crippen molar-refractivity contribution in [1.29, 1.82) is 0 Å². The Morgan fingerprint density at radius 2 is 1.32 bits per heavy atom. The van der Waals surface area contributed by atoms with Crippen LogP contribution in [0.2, 0.25) is 0 Å². The van der Waals surface area contributed by atoms with Crippen LogP contribution in [0, 0.1) is 20.8 Å². The first-order valence-corrected chi connectivity index (χ1v) is 16.0. The van der Waals surface area contributed by atoms with Gasteiger partial charge in [0.15, 0.2) is 0 Å². The summed E-state index contributed by atoms with van der Waals surface area (Å²) in [4.78, 5) is 36.0. The molecule has 1 heterocycles. The zero-order chi connectivity index (χ0) is 30.3. The number of unbranched alkanes of at least 4 members (excludes halogenated alkanes) is 13. The minimum Gasteiger partial charge on any atom is -0.481 e. The van der Waals surface area contributed by atoms with Crippen LogP contribution >= 0.6 is 0 Å². The zero-order valence-electron chi connectivity index (χ0n) is 26.3. The summed E-state index contributed by atoms with van der Waals surface area (Å²) in [5.74, 6) is -0.860. The highest BCUT2D eigenvalue weighted by atomic mass is 16.6. The van der Waals surface area contributed by atoms with Crippen LogP contribution in [0.3, 0.4) is 0 Å². The topological polar surface area (TPSA) is 99.1 Å². The largest absolute Gasteiger partial charge is 0.481 e. The molecule has 1 N–H and O–H groups in total. The number of carboxylic acid groups (broad SMARTS) is 1. The average molecular weight is 575 g/mol. The van der Waals surface area contributed by atoms with E-state index >= 15 is 0 Å². The summed E-state index contributed by atoms with van der Waals surface area (Å²) in [7, 11) is 0. The molecule has 0 saturated heterocycles. The van der Waals surface area contributed by atoms with E-state index in [1.807, 2.05) is 20.8 Å². The zero-order valence-corrected chi connectivity index (χ0v) is 26.3. The third-order valence-electron chi connectivity index (χ3n) is 8.41. The Balaban J connectivity index is 1.72. The number of carboxylic acids is 1. The van der Waals surface area contributed by atoms with Gasteiger partial charge in [-0.2, -0.15) is 0 Å². The van der Waals surface area contributed by atoms with Gasteiger partial charge in [-0.05, 0) is 57.2 Å². The first-order valence-electron chi connectivity index (χ1n) is 16.0. The summed E-state index contributed by atoms with van der Waals surface area (Å²) in [6, 6.07) is 0. The lowest BCUT2D eigenvalue weighted by molar-refractivity contribution is -0.162. The van der Waals surface area contributed by atoms with E-state index in [4.69, 9.17) is 19.3 Å². The van der Waals surface area contributed by atoms with Gasteiger partial charge in [-0.1, -0.05) is 90.4 Å². The van der Waals surface area contributed by atoms with E-state index in [1.54, 1.807) is 6.92 Å². The lowest BCUT2D eigenvalue weighted by Gasteiger charge is -2.36. The van der Waals surface area contributed by atoms with Crippen molar-refractivity contribution in [1.82, 2.24) is 0 Å². The Kier molecular flexibility index (Phi) is 15.3. The molecule has 1 aromatic carbocycles. The second kappa shape index (κ2) is 18.1. The van der Waals surface area contributed by atoms with Gasteiger partial charge in [0.25, 0.3) is 0 Å². The van der Waals surface area contributed by atoms with Gasteiger partial charge in [0.1, 0.15) is 11.5 Å². The molecule has 41 heavy (non-hydrogen) atoms. The number of carbonyl (C=O) groups is 3. The fourth-order valence-corrected chi connectivity index (χ4v) is 5.52. The molecule has 1 aliphatic heterocycles. The Morgan fingerprint density at radius 1 is 0.780 bits per heavy atom. The maximum atomic E-state index is 13.0. The van der Waals surface area contributed by atoms with E-state index in [0.29, 0.717) is 30.9 Å². The normalized spacial score (nSPS) is 16.1. The van der Waals surface area contributed by atoms with Crippen LogP contribution < -0.4 is 9.47 Å². The molecule has 1 unspecified atom stereocenters. The fraction of sp³-hybridized carbons (Fsp3) is 0.735. The van der Waals surface area contributed by atoms with Crippen LogP contribution in [0.1, 0.15) is 145 Å². The van der Waals surface area contributed by atoms with Crippen molar-refractivity contribution in [2.45, 2.75) is 156 Å². The van der Waals surface area contributed by atoms with Crippen LogP contribution in [0.4, 0.5) is 0 Å². The third-order valence-corrected chi connectivity index (χ3v) is 8.41. The Hall–Kier alpha value is -2.57. The SMILES string of the molecule is CCCCCCCCCCCCCCCCOC(=O)C1(C)CCc2c(C)c(OC(=O)CCC(=O)O)c(C)c(C)c2O1. The maximum absolute atomic E-state index is 13.0. The quantitative estimate of drug-likeness (QED) is 0.0947. The molecule has 2 rings (SSSR count). The standard InChI is InChI=1S/C34H54O7/c1-6-7-8-9-10-11-12-13-14-15-16-17-18-19-24-39-33(38)34(5)23-22-28-27(4)31(25(2)26(3)32(28)41-34)40-30(37)21-20-29(35)36/h6-24H2,1-5H3,(H,35,36). The summed E-state index contributed by atoms with van der Waals surface area (Å²) in [6.07, 6.45) is 18.5. The van der Waals surface area contributed by atoms with E-state index in [1.165, 1.54) is 77.0 Å². The van der Waals surface area contributed by atoms with Crippen LogP contribution in [-0.4, -0.2) is 35.2 Å². The van der Waals surface area contributed by atoms with Crippen LogP contribution in [-0.2, 0) is 25.5 Å². The van der Waals surface area contributed by atoms with Crippen molar-refractivity contribution in [2.75, 3.05) is 6.61 Å². The smallest absolute Gasteiger partial charge is 0.350 e. The number of carbonyl (C=O) groups excluding carboxylic acids is 2. The molecule has 0 saturated carbocycles. The van der Waals surface area contributed by atoms with Crippen LogP contribution in [0.15, 0.2) is 0 Å². The number of aliphatic carboxylic acids is 1. The molecule has 0 fully saturated rings. The predicted molar refractivity (Wildman–Crippen MR) is 162 cm³/mol. The Labute approximate surface area is 247 Å². The molecule has 1 aromatic rings. The second-order valence-corrected chi connectivity index (χ2v) is 11.9. The fourth-order valence-electron chi connectivity index (χ4n) is 5.52. The molecule has 0 amide bonds. The number of ether oxygens (including phenoxy) is 3. The van der Waals surface area contributed by atoms with Gasteiger partial charge in [-0.15, -0.1) is 0 Å². The van der Waals surface area contributed by atoms with Crippen molar-refractivity contribution in [3.63, 3.8) is 0 Å². The van der Waals surface area contributed by atoms with Crippen LogP contribution in [0.25, 0.3) is 0 Å². The summed E-state index contributed by atoms with van der Waals surface area (Å²) < 4.78 is 17.5. The molecule has 232 valence electrons. The number of fused-ring (bicyclic) bond motifs is 1. The van der Waals surface area contributed by atoms with Crippen molar-refractivity contribution in [3.05, 3.63) is 22.3 Å². The average Bonchev–Trinajstić information content (AvgIpc) is 2.94. The predicted octanol–water partition coefficient (Wildman–Crippen LogP) is 8.49. The summed E-state index contributed by atoms with van der Waals surface area (Å²) in [5.41, 5.74) is 2.17. The molecular weight excluding hydrogens is 520 g/mol. The summed E-state index contributed by atoms with van der Waals surface area (Å²) in [5, 5.41) is 8.84. The molecule has 0 aromatic heterocycles. The molecular formula is C34H54O7. The van der Waals surface area contributed by atoms with E-state index in [2.05, 4.69) is 6.92 Å². The maximum Gasteiger partial charge on any atom is 0.350 e. The molecule has 1 atom stereocenters. The number of esters is 2. The molecule has 0 bridgehead atoms. The summed E-state index contributed by atoms with van der Waals surface area (Å²) in [6.45, 7) is 10.0.